The number of benzene rings is 1. The van der Waals surface area contributed by atoms with Crippen molar-refractivity contribution in [3.05, 3.63) is 42.1 Å². The SMILES string of the molecule is COc1cc(C(=O)N2CCN(C)CC2)n(-c2ccccc2)n1. The number of likely N-dealkylation sites (N-methyl/N-ethyl adjacent to an activating group) is 1. The number of piperazine rings is 1. The van der Waals surface area contributed by atoms with Crippen molar-refractivity contribution in [1.82, 2.24) is 19.6 Å². The smallest absolute Gasteiger partial charge is 0.272 e. The molecule has 1 aliphatic rings. The van der Waals surface area contributed by atoms with Crippen LogP contribution in [0.1, 0.15) is 10.5 Å². The maximum atomic E-state index is 12.8. The molecule has 1 amide bonds. The maximum Gasteiger partial charge on any atom is 0.272 e. The monoisotopic (exact) mass is 300 g/mol. The van der Waals surface area contributed by atoms with Crippen LogP contribution in [0.15, 0.2) is 36.4 Å². The van der Waals surface area contributed by atoms with E-state index >= 15 is 0 Å². The molecule has 0 aliphatic carbocycles. The minimum absolute atomic E-state index is 0.00671. The first-order valence-electron chi connectivity index (χ1n) is 7.36. The van der Waals surface area contributed by atoms with E-state index in [0.29, 0.717) is 11.6 Å². The van der Waals surface area contributed by atoms with Crippen molar-refractivity contribution >= 4 is 5.91 Å². The molecular formula is C16H20N4O2. The van der Waals surface area contributed by atoms with E-state index in [1.165, 1.54) is 0 Å². The first-order valence-corrected chi connectivity index (χ1v) is 7.36. The molecule has 1 aromatic carbocycles. The van der Waals surface area contributed by atoms with Gasteiger partial charge in [0.25, 0.3) is 5.91 Å². The molecule has 2 aromatic rings. The molecule has 0 atom stereocenters. The van der Waals surface area contributed by atoms with Gasteiger partial charge in [-0.25, -0.2) is 4.68 Å². The second-order valence-corrected chi connectivity index (χ2v) is 5.41. The lowest BCUT2D eigenvalue weighted by molar-refractivity contribution is 0.0655. The van der Waals surface area contributed by atoms with E-state index in [1.807, 2.05) is 35.2 Å². The summed E-state index contributed by atoms with van der Waals surface area (Å²) in [5.41, 5.74) is 1.39. The van der Waals surface area contributed by atoms with Gasteiger partial charge in [0.2, 0.25) is 5.88 Å². The molecule has 1 saturated heterocycles. The number of methoxy groups -OCH3 is 1. The van der Waals surface area contributed by atoms with Gasteiger partial charge < -0.3 is 14.5 Å². The van der Waals surface area contributed by atoms with Crippen molar-refractivity contribution in [2.75, 3.05) is 40.3 Å². The molecule has 1 aliphatic heterocycles. The van der Waals surface area contributed by atoms with Gasteiger partial charge >= 0.3 is 0 Å². The zero-order valence-electron chi connectivity index (χ0n) is 12.9. The van der Waals surface area contributed by atoms with Gasteiger partial charge in [0.15, 0.2) is 0 Å². The summed E-state index contributed by atoms with van der Waals surface area (Å²) in [6, 6.07) is 11.3. The predicted molar refractivity (Wildman–Crippen MR) is 83.5 cm³/mol. The second kappa shape index (κ2) is 6.19. The Labute approximate surface area is 129 Å². The van der Waals surface area contributed by atoms with Crippen molar-refractivity contribution in [2.45, 2.75) is 0 Å². The molecule has 1 fully saturated rings. The quantitative estimate of drug-likeness (QED) is 0.856. The van der Waals surface area contributed by atoms with Crippen LogP contribution in [0.3, 0.4) is 0 Å². The van der Waals surface area contributed by atoms with E-state index in [-0.39, 0.29) is 5.91 Å². The number of carbonyl (C=O) groups excluding carboxylic acids is 1. The predicted octanol–water partition coefficient (Wildman–Crippen LogP) is 1.27. The molecule has 1 aromatic heterocycles. The van der Waals surface area contributed by atoms with E-state index in [1.54, 1.807) is 17.9 Å². The zero-order chi connectivity index (χ0) is 15.5. The standard InChI is InChI=1S/C16H20N4O2/c1-18-8-10-19(11-9-18)16(21)14-12-15(22-2)17-20(14)13-6-4-3-5-7-13/h3-7,12H,8-11H2,1-2H3. The molecule has 6 heteroatoms. The molecule has 0 spiro atoms. The highest BCUT2D eigenvalue weighted by molar-refractivity contribution is 5.93. The second-order valence-electron chi connectivity index (χ2n) is 5.41. The van der Waals surface area contributed by atoms with Crippen LogP contribution in [0.25, 0.3) is 5.69 Å². The van der Waals surface area contributed by atoms with Crippen molar-refractivity contribution in [2.24, 2.45) is 0 Å². The van der Waals surface area contributed by atoms with Gasteiger partial charge in [-0.15, -0.1) is 5.10 Å². The summed E-state index contributed by atoms with van der Waals surface area (Å²) in [6.45, 7) is 3.25. The summed E-state index contributed by atoms with van der Waals surface area (Å²) < 4.78 is 6.85. The highest BCUT2D eigenvalue weighted by Crippen LogP contribution is 2.19. The highest BCUT2D eigenvalue weighted by Gasteiger charge is 2.25. The molecular weight excluding hydrogens is 280 g/mol. The molecule has 6 nitrogen and oxygen atoms in total. The third-order valence-corrected chi connectivity index (χ3v) is 3.91. The Bertz CT molecular complexity index is 645. The van der Waals surface area contributed by atoms with Gasteiger partial charge in [-0.05, 0) is 19.2 Å². The number of para-hydroxylation sites is 1. The minimum atomic E-state index is -0.00671. The molecule has 0 bridgehead atoms. The first kappa shape index (κ1) is 14.6. The maximum absolute atomic E-state index is 12.8. The van der Waals surface area contributed by atoms with E-state index in [4.69, 9.17) is 4.74 Å². The Morgan fingerprint density at radius 1 is 1.14 bits per heavy atom. The number of hydrogen-bond donors (Lipinski definition) is 0. The van der Waals surface area contributed by atoms with Crippen LogP contribution in [0.4, 0.5) is 0 Å². The van der Waals surface area contributed by atoms with Crippen molar-refractivity contribution in [3.63, 3.8) is 0 Å². The molecule has 3 rings (SSSR count). The van der Waals surface area contributed by atoms with E-state index < -0.39 is 0 Å². The highest BCUT2D eigenvalue weighted by atomic mass is 16.5. The normalized spacial score (nSPS) is 15.8. The van der Waals surface area contributed by atoms with Crippen LogP contribution in [0.2, 0.25) is 0 Å². The fraction of sp³-hybridized carbons (Fsp3) is 0.375. The summed E-state index contributed by atoms with van der Waals surface area (Å²) in [6.07, 6.45) is 0. The molecule has 116 valence electrons. The van der Waals surface area contributed by atoms with Gasteiger partial charge in [-0.2, -0.15) is 0 Å². The summed E-state index contributed by atoms with van der Waals surface area (Å²) in [4.78, 5) is 16.9. The molecule has 2 heterocycles. The largest absolute Gasteiger partial charge is 0.480 e. The van der Waals surface area contributed by atoms with Crippen LogP contribution >= 0.6 is 0 Å². The Balaban J connectivity index is 1.92. The number of ether oxygens (including phenoxy) is 1. The van der Waals surface area contributed by atoms with Crippen LogP contribution in [-0.2, 0) is 0 Å². The Kier molecular flexibility index (Phi) is 4.11. The van der Waals surface area contributed by atoms with Crippen molar-refractivity contribution in [3.8, 4) is 11.6 Å². The summed E-state index contributed by atoms with van der Waals surface area (Å²) in [7, 11) is 3.63. The van der Waals surface area contributed by atoms with E-state index in [0.717, 1.165) is 31.9 Å². The van der Waals surface area contributed by atoms with E-state index in [2.05, 4.69) is 17.0 Å². The fourth-order valence-electron chi connectivity index (χ4n) is 2.55. The summed E-state index contributed by atoms with van der Waals surface area (Å²) >= 11 is 0. The number of hydrogen-bond acceptors (Lipinski definition) is 4. The molecule has 22 heavy (non-hydrogen) atoms. The number of rotatable bonds is 3. The van der Waals surface area contributed by atoms with Crippen LogP contribution < -0.4 is 4.74 Å². The topological polar surface area (TPSA) is 50.6 Å². The summed E-state index contributed by atoms with van der Waals surface area (Å²) in [5.74, 6) is 0.439. The molecule has 0 saturated carbocycles. The average molecular weight is 300 g/mol. The summed E-state index contributed by atoms with van der Waals surface area (Å²) in [5, 5.41) is 4.37. The third kappa shape index (κ3) is 2.82. The Morgan fingerprint density at radius 3 is 2.45 bits per heavy atom. The van der Waals surface area contributed by atoms with Crippen LogP contribution in [-0.4, -0.2) is 65.8 Å². The average Bonchev–Trinajstić information content (AvgIpc) is 3.00. The number of carbonyl (C=O) groups is 1. The molecule has 0 radical (unpaired) electrons. The van der Waals surface area contributed by atoms with Gasteiger partial charge in [0, 0.05) is 32.2 Å². The minimum Gasteiger partial charge on any atom is -0.480 e. The zero-order valence-corrected chi connectivity index (χ0v) is 12.9. The molecule has 0 unspecified atom stereocenters. The number of amides is 1. The Morgan fingerprint density at radius 2 is 1.82 bits per heavy atom. The van der Waals surface area contributed by atoms with Crippen LogP contribution in [0, 0.1) is 0 Å². The van der Waals surface area contributed by atoms with Gasteiger partial charge in [0.05, 0.1) is 12.8 Å². The fourth-order valence-corrected chi connectivity index (χ4v) is 2.55. The van der Waals surface area contributed by atoms with Crippen molar-refractivity contribution < 1.29 is 9.53 Å². The third-order valence-electron chi connectivity index (χ3n) is 3.91. The van der Waals surface area contributed by atoms with Gasteiger partial charge in [-0.1, -0.05) is 18.2 Å². The lowest BCUT2D eigenvalue weighted by Crippen LogP contribution is -2.47. The van der Waals surface area contributed by atoms with Gasteiger partial charge in [-0.3, -0.25) is 4.79 Å². The Hall–Kier alpha value is -2.34. The number of nitrogens with zero attached hydrogens (tertiary/aromatic N) is 4. The lowest BCUT2D eigenvalue weighted by Gasteiger charge is -2.32. The lowest BCUT2D eigenvalue weighted by atomic mass is 10.2. The van der Waals surface area contributed by atoms with Crippen molar-refractivity contribution in [1.29, 1.82) is 0 Å². The molecule has 0 N–H and O–H groups in total. The van der Waals surface area contributed by atoms with Gasteiger partial charge in [0.1, 0.15) is 5.69 Å². The number of aromatic nitrogens is 2. The van der Waals surface area contributed by atoms with Crippen LogP contribution in [0.5, 0.6) is 5.88 Å². The van der Waals surface area contributed by atoms with E-state index in [9.17, 15) is 4.79 Å². The first-order chi connectivity index (χ1) is 10.7.